The van der Waals surface area contributed by atoms with Gasteiger partial charge in [-0.3, -0.25) is 9.83 Å². The van der Waals surface area contributed by atoms with Gasteiger partial charge in [-0.25, -0.2) is 11.9 Å². The molecule has 0 bridgehead atoms. The summed E-state index contributed by atoms with van der Waals surface area (Å²) >= 11 is 0. The van der Waals surface area contributed by atoms with Crippen molar-refractivity contribution >= 4 is 0 Å². The molecule has 0 amide bonds. The molecule has 3 heteroatoms. The van der Waals surface area contributed by atoms with Gasteiger partial charge in [-0.05, 0) is 17.7 Å². The SMILES string of the molecule is [C-]#[N+]C(C)(NCc1ccccc1)c1cccnc1. The first-order valence-electron chi connectivity index (χ1n) is 5.83. The second-order valence-corrected chi connectivity index (χ2v) is 4.26. The average molecular weight is 237 g/mol. The second-order valence-electron chi connectivity index (χ2n) is 4.26. The van der Waals surface area contributed by atoms with Gasteiger partial charge in [0, 0.05) is 25.9 Å². The summed E-state index contributed by atoms with van der Waals surface area (Å²) in [6.45, 7) is 9.93. The molecule has 0 aliphatic carbocycles. The number of nitrogens with zero attached hydrogens (tertiary/aromatic N) is 2. The standard InChI is InChI=1S/C15H15N3/c1-15(16-2,14-9-6-10-17-12-14)18-11-13-7-4-3-5-8-13/h3-10,12,18H,11H2,1H3. The van der Waals surface area contributed by atoms with Gasteiger partial charge in [-0.1, -0.05) is 30.3 Å². The summed E-state index contributed by atoms with van der Waals surface area (Å²) in [4.78, 5) is 7.77. The Morgan fingerprint density at radius 3 is 2.61 bits per heavy atom. The summed E-state index contributed by atoms with van der Waals surface area (Å²) in [6.07, 6.45) is 3.45. The molecule has 1 heterocycles. The van der Waals surface area contributed by atoms with Gasteiger partial charge in [0.1, 0.15) is 0 Å². The first-order valence-corrected chi connectivity index (χ1v) is 5.83. The first-order chi connectivity index (χ1) is 8.74. The van der Waals surface area contributed by atoms with Crippen LogP contribution in [0.5, 0.6) is 0 Å². The molecule has 18 heavy (non-hydrogen) atoms. The van der Waals surface area contributed by atoms with E-state index < -0.39 is 5.66 Å². The molecule has 1 N–H and O–H groups in total. The summed E-state index contributed by atoms with van der Waals surface area (Å²) in [5, 5.41) is 3.28. The van der Waals surface area contributed by atoms with Crippen molar-refractivity contribution in [3.05, 3.63) is 77.4 Å². The van der Waals surface area contributed by atoms with Gasteiger partial charge in [0.05, 0.1) is 5.56 Å². The molecule has 90 valence electrons. The third kappa shape index (κ3) is 2.73. The van der Waals surface area contributed by atoms with Crippen molar-refractivity contribution in [2.75, 3.05) is 0 Å². The van der Waals surface area contributed by atoms with Crippen molar-refractivity contribution in [2.45, 2.75) is 19.1 Å². The molecule has 0 aliphatic heterocycles. The molecule has 3 nitrogen and oxygen atoms in total. The number of aromatic nitrogens is 1. The second kappa shape index (κ2) is 5.44. The van der Waals surface area contributed by atoms with E-state index in [2.05, 4.69) is 15.1 Å². The van der Waals surface area contributed by atoms with Crippen LogP contribution in [0.1, 0.15) is 18.1 Å². The molecule has 1 aromatic heterocycles. The summed E-state index contributed by atoms with van der Waals surface area (Å²) in [5.41, 5.74) is 1.32. The van der Waals surface area contributed by atoms with Crippen molar-refractivity contribution < 1.29 is 0 Å². The fourth-order valence-corrected chi connectivity index (χ4v) is 1.73. The Kier molecular flexibility index (Phi) is 3.71. The Hall–Kier alpha value is -2.18. The zero-order valence-electron chi connectivity index (χ0n) is 10.3. The fraction of sp³-hybridized carbons (Fsp3) is 0.200. The van der Waals surface area contributed by atoms with Gasteiger partial charge in [0.2, 0.25) is 0 Å². The van der Waals surface area contributed by atoms with Crippen LogP contribution in [0.2, 0.25) is 0 Å². The largest absolute Gasteiger partial charge is 0.310 e. The monoisotopic (exact) mass is 237 g/mol. The maximum Gasteiger partial charge on any atom is 0.310 e. The molecule has 0 saturated heterocycles. The Morgan fingerprint density at radius 2 is 2.00 bits per heavy atom. The van der Waals surface area contributed by atoms with Crippen molar-refractivity contribution in [1.82, 2.24) is 10.3 Å². The van der Waals surface area contributed by atoms with E-state index in [0.29, 0.717) is 6.54 Å². The highest BCUT2D eigenvalue weighted by Gasteiger charge is 2.32. The molecular formula is C15H15N3. The van der Waals surface area contributed by atoms with Crippen molar-refractivity contribution in [3.8, 4) is 0 Å². The van der Waals surface area contributed by atoms with Crippen LogP contribution in [0.4, 0.5) is 0 Å². The van der Waals surface area contributed by atoms with Crippen molar-refractivity contribution in [1.29, 1.82) is 0 Å². The first kappa shape index (κ1) is 12.3. The molecule has 1 atom stereocenters. The Morgan fingerprint density at radius 1 is 1.22 bits per heavy atom. The molecule has 0 fully saturated rings. The van der Waals surface area contributed by atoms with E-state index in [1.807, 2.05) is 49.4 Å². The minimum atomic E-state index is -0.732. The third-order valence-corrected chi connectivity index (χ3v) is 2.93. The molecule has 0 radical (unpaired) electrons. The summed E-state index contributed by atoms with van der Waals surface area (Å²) in [7, 11) is 0. The fourth-order valence-electron chi connectivity index (χ4n) is 1.73. The quantitative estimate of drug-likeness (QED) is 0.828. The van der Waals surface area contributed by atoms with Gasteiger partial charge in [0.15, 0.2) is 0 Å². The highest BCUT2D eigenvalue weighted by molar-refractivity contribution is 5.23. The normalized spacial score (nSPS) is 13.6. The third-order valence-electron chi connectivity index (χ3n) is 2.93. The number of nitrogens with one attached hydrogen (secondary N) is 1. The lowest BCUT2D eigenvalue weighted by Gasteiger charge is -2.18. The van der Waals surface area contributed by atoms with E-state index in [0.717, 1.165) is 11.1 Å². The summed E-state index contributed by atoms with van der Waals surface area (Å²) < 4.78 is 0. The minimum absolute atomic E-state index is 0.661. The zero-order chi connectivity index (χ0) is 12.8. The highest BCUT2D eigenvalue weighted by Crippen LogP contribution is 2.21. The van der Waals surface area contributed by atoms with E-state index in [1.54, 1.807) is 12.4 Å². The van der Waals surface area contributed by atoms with E-state index in [9.17, 15) is 0 Å². The molecule has 0 spiro atoms. The van der Waals surface area contributed by atoms with Crippen LogP contribution in [-0.2, 0) is 12.2 Å². The molecule has 0 saturated carbocycles. The van der Waals surface area contributed by atoms with Crippen molar-refractivity contribution in [3.63, 3.8) is 0 Å². The van der Waals surface area contributed by atoms with Gasteiger partial charge in [-0.2, -0.15) is 0 Å². The van der Waals surface area contributed by atoms with Gasteiger partial charge in [-0.15, -0.1) is 0 Å². The average Bonchev–Trinajstić information content (AvgIpc) is 2.47. The Bertz CT molecular complexity index is 531. The number of hydrogen-bond donors (Lipinski definition) is 1. The maximum atomic E-state index is 7.39. The molecule has 1 aromatic carbocycles. The van der Waals surface area contributed by atoms with E-state index in [-0.39, 0.29) is 0 Å². The van der Waals surface area contributed by atoms with Crippen LogP contribution in [0.3, 0.4) is 0 Å². The minimum Gasteiger partial charge on any atom is -0.288 e. The number of pyridine rings is 1. The smallest absolute Gasteiger partial charge is 0.288 e. The van der Waals surface area contributed by atoms with Crippen LogP contribution in [-0.4, -0.2) is 4.98 Å². The van der Waals surface area contributed by atoms with Crippen molar-refractivity contribution in [2.24, 2.45) is 0 Å². The molecule has 2 aromatic rings. The molecule has 2 rings (SSSR count). The van der Waals surface area contributed by atoms with E-state index in [4.69, 9.17) is 6.57 Å². The van der Waals surface area contributed by atoms with E-state index >= 15 is 0 Å². The van der Waals surface area contributed by atoms with Crippen LogP contribution in [0.15, 0.2) is 54.9 Å². The van der Waals surface area contributed by atoms with Crippen LogP contribution >= 0.6 is 0 Å². The Balaban J connectivity index is 2.13. The molecule has 1 unspecified atom stereocenters. The lowest BCUT2D eigenvalue weighted by molar-refractivity contribution is 0.447. The molecular weight excluding hydrogens is 222 g/mol. The summed E-state index contributed by atoms with van der Waals surface area (Å²) in [5.74, 6) is 0. The Labute approximate surface area is 107 Å². The topological polar surface area (TPSA) is 29.3 Å². The number of hydrogen-bond acceptors (Lipinski definition) is 2. The predicted molar refractivity (Wildman–Crippen MR) is 71.5 cm³/mol. The van der Waals surface area contributed by atoms with Crippen LogP contribution in [0, 0.1) is 6.57 Å². The maximum absolute atomic E-state index is 7.39. The van der Waals surface area contributed by atoms with Gasteiger partial charge >= 0.3 is 5.66 Å². The lowest BCUT2D eigenvalue weighted by Crippen LogP contribution is -2.35. The van der Waals surface area contributed by atoms with Gasteiger partial charge in [0.25, 0.3) is 0 Å². The number of rotatable bonds is 4. The van der Waals surface area contributed by atoms with Crippen LogP contribution < -0.4 is 5.32 Å². The molecule has 0 aliphatic rings. The highest BCUT2D eigenvalue weighted by atomic mass is 15.1. The zero-order valence-corrected chi connectivity index (χ0v) is 10.3. The van der Waals surface area contributed by atoms with E-state index in [1.165, 1.54) is 0 Å². The predicted octanol–water partition coefficient (Wildman–Crippen LogP) is 2.96. The van der Waals surface area contributed by atoms with Gasteiger partial charge < -0.3 is 0 Å². The number of benzene rings is 1. The van der Waals surface area contributed by atoms with Crippen LogP contribution in [0.25, 0.3) is 4.85 Å². The lowest BCUT2D eigenvalue weighted by atomic mass is 10.0. The summed E-state index contributed by atoms with van der Waals surface area (Å²) in [6, 6.07) is 13.8.